The predicted molar refractivity (Wildman–Crippen MR) is 134 cm³/mol. The Bertz CT molecular complexity index is 1430. The number of hydrogen-bond acceptors (Lipinski definition) is 7. The Labute approximate surface area is 205 Å². The van der Waals surface area contributed by atoms with Crippen molar-refractivity contribution in [2.24, 2.45) is 5.10 Å². The maximum atomic E-state index is 13.6. The number of anilines is 1. The Morgan fingerprint density at radius 2 is 1.37 bits per heavy atom. The molecule has 3 aromatic carbocycles. The summed E-state index contributed by atoms with van der Waals surface area (Å²) < 4.78 is 64.1. The largest absolute Gasteiger partial charge is 0.497 e. The minimum absolute atomic E-state index is 0.0921. The second kappa shape index (κ2) is 9.59. The van der Waals surface area contributed by atoms with Gasteiger partial charge >= 0.3 is 0 Å². The van der Waals surface area contributed by atoms with Crippen molar-refractivity contribution >= 4 is 31.4 Å². The van der Waals surface area contributed by atoms with Gasteiger partial charge in [0.15, 0.2) is 0 Å². The molecule has 3 aromatic rings. The maximum absolute atomic E-state index is 13.6. The summed E-state index contributed by atoms with van der Waals surface area (Å²) in [5.41, 5.74) is 2.42. The summed E-state index contributed by atoms with van der Waals surface area (Å²) in [7, 11) is -4.32. The first kappa shape index (κ1) is 24.6. The second-order valence-electron chi connectivity index (χ2n) is 7.94. The van der Waals surface area contributed by atoms with Gasteiger partial charge in [0.1, 0.15) is 11.5 Å². The number of nitrogens with one attached hydrogen (secondary N) is 1. The Balaban J connectivity index is 1.72. The van der Waals surface area contributed by atoms with Crippen LogP contribution in [0.25, 0.3) is 0 Å². The van der Waals surface area contributed by atoms with E-state index in [-0.39, 0.29) is 4.90 Å². The van der Waals surface area contributed by atoms with Gasteiger partial charge in [0.2, 0.25) is 10.0 Å². The third kappa shape index (κ3) is 5.41. The van der Waals surface area contributed by atoms with Crippen LogP contribution in [0.1, 0.15) is 23.6 Å². The summed E-state index contributed by atoms with van der Waals surface area (Å²) in [5.74, 6) is 1.20. The van der Waals surface area contributed by atoms with Crippen LogP contribution in [0.15, 0.2) is 82.8 Å². The predicted octanol–water partition coefficient (Wildman–Crippen LogP) is 3.62. The SMILES string of the molecule is COc1ccc([C@@H]2CC(c3ccc(NS(C)(=O)=O)cc3)=NN2S(=O)(=O)c2ccc(OC)cc2)cc1. The van der Waals surface area contributed by atoms with Gasteiger partial charge in [0.05, 0.1) is 37.1 Å². The fourth-order valence-corrected chi connectivity index (χ4v) is 5.76. The number of rotatable bonds is 8. The number of nitrogens with zero attached hydrogens (tertiary/aromatic N) is 2. The second-order valence-corrected chi connectivity index (χ2v) is 11.5. The van der Waals surface area contributed by atoms with Gasteiger partial charge in [-0.3, -0.25) is 4.72 Å². The molecule has 4 rings (SSSR count). The van der Waals surface area contributed by atoms with Crippen molar-refractivity contribution < 1.29 is 26.3 Å². The lowest BCUT2D eigenvalue weighted by Gasteiger charge is -2.23. The average molecular weight is 516 g/mol. The Morgan fingerprint density at radius 1 is 0.829 bits per heavy atom. The highest BCUT2D eigenvalue weighted by molar-refractivity contribution is 7.92. The fraction of sp³-hybridized carbons (Fsp3) is 0.208. The molecule has 1 atom stereocenters. The molecule has 0 fully saturated rings. The zero-order valence-corrected chi connectivity index (χ0v) is 21.0. The monoisotopic (exact) mass is 515 g/mol. The molecule has 184 valence electrons. The molecule has 0 aliphatic carbocycles. The number of ether oxygens (including phenoxy) is 2. The van der Waals surface area contributed by atoms with E-state index in [4.69, 9.17) is 9.47 Å². The molecule has 0 bridgehead atoms. The first-order valence-corrected chi connectivity index (χ1v) is 13.9. The molecule has 9 nitrogen and oxygen atoms in total. The van der Waals surface area contributed by atoms with Gasteiger partial charge in [-0.2, -0.15) is 17.9 Å². The summed E-state index contributed by atoms with van der Waals surface area (Å²) in [6, 6.07) is 19.4. The number of methoxy groups -OCH3 is 2. The highest BCUT2D eigenvalue weighted by Crippen LogP contribution is 2.38. The number of hydrogen-bond donors (Lipinski definition) is 1. The highest BCUT2D eigenvalue weighted by Gasteiger charge is 2.37. The van der Waals surface area contributed by atoms with Gasteiger partial charge in [-0.05, 0) is 59.7 Å². The van der Waals surface area contributed by atoms with Gasteiger partial charge in [-0.25, -0.2) is 8.42 Å². The van der Waals surface area contributed by atoms with E-state index in [1.807, 2.05) is 12.1 Å². The van der Waals surface area contributed by atoms with Crippen molar-refractivity contribution in [1.29, 1.82) is 0 Å². The van der Waals surface area contributed by atoms with Crippen LogP contribution in [0.5, 0.6) is 11.5 Å². The molecule has 11 heteroatoms. The molecule has 0 unspecified atom stereocenters. The molecule has 1 aliphatic heterocycles. The molecular weight excluding hydrogens is 490 g/mol. The lowest BCUT2D eigenvalue weighted by molar-refractivity contribution is 0.370. The van der Waals surface area contributed by atoms with Crippen LogP contribution in [0.3, 0.4) is 0 Å². The average Bonchev–Trinajstić information content (AvgIpc) is 3.30. The minimum atomic E-state index is -3.98. The molecule has 1 N–H and O–H groups in total. The van der Waals surface area contributed by atoms with E-state index >= 15 is 0 Å². The van der Waals surface area contributed by atoms with Crippen molar-refractivity contribution in [3.8, 4) is 11.5 Å². The third-order valence-corrected chi connectivity index (χ3v) is 7.80. The van der Waals surface area contributed by atoms with Gasteiger partial charge in [-0.1, -0.05) is 24.3 Å². The zero-order valence-electron chi connectivity index (χ0n) is 19.4. The quantitative estimate of drug-likeness (QED) is 0.490. The van der Waals surface area contributed by atoms with E-state index in [0.717, 1.165) is 16.2 Å². The fourth-order valence-electron chi connectivity index (χ4n) is 3.76. The van der Waals surface area contributed by atoms with Gasteiger partial charge in [0, 0.05) is 12.1 Å². The lowest BCUT2D eigenvalue weighted by Crippen LogP contribution is -2.27. The topological polar surface area (TPSA) is 114 Å². The van der Waals surface area contributed by atoms with E-state index in [1.165, 1.54) is 19.2 Å². The van der Waals surface area contributed by atoms with Crippen LogP contribution in [0.4, 0.5) is 5.69 Å². The van der Waals surface area contributed by atoms with Gasteiger partial charge in [-0.15, -0.1) is 0 Å². The molecule has 0 aromatic heterocycles. The summed E-state index contributed by atoms with van der Waals surface area (Å²) in [6.07, 6.45) is 1.41. The van der Waals surface area contributed by atoms with Gasteiger partial charge < -0.3 is 9.47 Å². The molecule has 0 saturated heterocycles. The number of sulfonamides is 2. The van der Waals surface area contributed by atoms with Crippen LogP contribution < -0.4 is 14.2 Å². The minimum Gasteiger partial charge on any atom is -0.497 e. The van der Waals surface area contributed by atoms with Crippen LogP contribution >= 0.6 is 0 Å². The smallest absolute Gasteiger partial charge is 0.279 e. The molecule has 35 heavy (non-hydrogen) atoms. The molecule has 1 aliphatic rings. The van der Waals surface area contributed by atoms with E-state index < -0.39 is 26.1 Å². The van der Waals surface area contributed by atoms with Crippen molar-refractivity contribution in [3.05, 3.63) is 83.9 Å². The van der Waals surface area contributed by atoms with Crippen molar-refractivity contribution in [1.82, 2.24) is 4.41 Å². The molecule has 0 spiro atoms. The van der Waals surface area contributed by atoms with Crippen LogP contribution in [-0.4, -0.2) is 47.4 Å². The first-order valence-electron chi connectivity index (χ1n) is 10.6. The Hall–Kier alpha value is -3.57. The summed E-state index contributed by atoms with van der Waals surface area (Å²) >= 11 is 0. The van der Waals surface area contributed by atoms with Crippen molar-refractivity contribution in [2.45, 2.75) is 17.4 Å². The van der Waals surface area contributed by atoms with Gasteiger partial charge in [0.25, 0.3) is 10.0 Å². The molecule has 0 amide bonds. The van der Waals surface area contributed by atoms with E-state index in [0.29, 0.717) is 34.9 Å². The standard InChI is InChI=1S/C24H25N3O6S2/c1-32-20-10-6-18(7-11-20)24-16-23(17-4-8-19(9-5-17)26-34(3,28)29)25-27(24)35(30,31)22-14-12-21(33-2)13-15-22/h4-15,24,26H,16H2,1-3H3/t24-/m0/s1. The summed E-state index contributed by atoms with van der Waals surface area (Å²) in [5, 5.41) is 4.51. The number of benzene rings is 3. The van der Waals surface area contributed by atoms with Crippen molar-refractivity contribution in [3.63, 3.8) is 0 Å². The normalized spacial score (nSPS) is 16.0. The maximum Gasteiger partial charge on any atom is 0.279 e. The molecular formula is C24H25N3O6S2. The summed E-state index contributed by atoms with van der Waals surface area (Å²) in [4.78, 5) is 0.0921. The van der Waals surface area contributed by atoms with Crippen LogP contribution in [0.2, 0.25) is 0 Å². The zero-order chi connectivity index (χ0) is 25.2. The third-order valence-electron chi connectivity index (χ3n) is 5.50. The highest BCUT2D eigenvalue weighted by atomic mass is 32.2. The number of hydrazone groups is 1. The molecule has 1 heterocycles. The molecule has 0 saturated carbocycles. The van der Waals surface area contributed by atoms with Crippen LogP contribution in [-0.2, 0) is 20.0 Å². The first-order chi connectivity index (χ1) is 16.6. The summed E-state index contributed by atoms with van der Waals surface area (Å²) in [6.45, 7) is 0. The lowest BCUT2D eigenvalue weighted by atomic mass is 9.99. The van der Waals surface area contributed by atoms with Crippen molar-refractivity contribution in [2.75, 3.05) is 25.2 Å². The Morgan fingerprint density at radius 3 is 1.89 bits per heavy atom. The van der Waals surface area contributed by atoms with Crippen LogP contribution in [0, 0.1) is 0 Å². The molecule has 0 radical (unpaired) electrons. The van der Waals surface area contributed by atoms with E-state index in [1.54, 1.807) is 55.6 Å². The van der Waals surface area contributed by atoms with E-state index in [2.05, 4.69) is 9.82 Å². The van der Waals surface area contributed by atoms with E-state index in [9.17, 15) is 16.8 Å². The Kier molecular flexibility index (Phi) is 6.73.